The number of hydrogen-bond donors (Lipinski definition) is 1. The zero-order chi connectivity index (χ0) is 9.28. The van der Waals surface area contributed by atoms with Gasteiger partial charge < -0.3 is 4.98 Å². The second-order valence-electron chi connectivity index (χ2n) is 4.56. The van der Waals surface area contributed by atoms with Crippen LogP contribution in [0.3, 0.4) is 0 Å². The molecule has 0 radical (unpaired) electrons. The molecule has 0 bridgehead atoms. The molecule has 11 heavy (non-hydrogen) atoms. The molecule has 0 atom stereocenters. The summed E-state index contributed by atoms with van der Waals surface area (Å²) in [7, 11) is -1.57. The van der Waals surface area contributed by atoms with Crippen molar-refractivity contribution in [1.82, 2.24) is 4.98 Å². The fraction of sp³-hybridized carbons (Fsp3) is 0.875. The van der Waals surface area contributed by atoms with Gasteiger partial charge in [0.15, 0.2) is 8.24 Å². The Kier molecular flexibility index (Phi) is 2.89. The number of carbonyl (C=O) groups excluding carboxylic acids is 1. The summed E-state index contributed by atoms with van der Waals surface area (Å²) in [6.45, 7) is 12.5. The van der Waals surface area contributed by atoms with Gasteiger partial charge in [-0.2, -0.15) is 0 Å². The first-order valence-corrected chi connectivity index (χ1v) is 6.95. The maximum absolute atomic E-state index is 10.8. The molecular formula is C8H19NOSi. The molecule has 3 heteroatoms. The maximum atomic E-state index is 10.8. The summed E-state index contributed by atoms with van der Waals surface area (Å²) in [5.41, 5.74) is 0. The highest BCUT2D eigenvalue weighted by molar-refractivity contribution is 6.79. The first-order chi connectivity index (χ1) is 4.67. The van der Waals surface area contributed by atoms with Gasteiger partial charge in [0.2, 0.25) is 5.91 Å². The first-order valence-electron chi connectivity index (χ1n) is 3.95. The van der Waals surface area contributed by atoms with Gasteiger partial charge in [0, 0.05) is 6.92 Å². The molecule has 0 saturated heterocycles. The van der Waals surface area contributed by atoms with Gasteiger partial charge in [0.25, 0.3) is 0 Å². The molecule has 0 spiro atoms. The highest BCUT2D eigenvalue weighted by Crippen LogP contribution is 2.33. The summed E-state index contributed by atoms with van der Waals surface area (Å²) < 4.78 is 0. The van der Waals surface area contributed by atoms with E-state index < -0.39 is 8.24 Å². The molecule has 0 fully saturated rings. The molecular weight excluding hydrogens is 154 g/mol. The van der Waals surface area contributed by atoms with Crippen molar-refractivity contribution in [3.8, 4) is 0 Å². The van der Waals surface area contributed by atoms with Gasteiger partial charge in [-0.15, -0.1) is 0 Å². The summed E-state index contributed by atoms with van der Waals surface area (Å²) in [6.07, 6.45) is 0. The van der Waals surface area contributed by atoms with Gasteiger partial charge in [-0.05, 0) is 5.04 Å². The molecule has 0 aromatic heterocycles. The minimum atomic E-state index is -1.57. The van der Waals surface area contributed by atoms with Gasteiger partial charge >= 0.3 is 0 Å². The summed E-state index contributed by atoms with van der Waals surface area (Å²) in [5.74, 6) is 0.0941. The van der Waals surface area contributed by atoms with Crippen molar-refractivity contribution in [1.29, 1.82) is 0 Å². The normalized spacial score (nSPS) is 12.9. The minimum absolute atomic E-state index is 0.0941. The quantitative estimate of drug-likeness (QED) is 0.605. The second kappa shape index (κ2) is 2.97. The van der Waals surface area contributed by atoms with E-state index in [2.05, 4.69) is 38.8 Å². The molecule has 2 nitrogen and oxygen atoms in total. The van der Waals surface area contributed by atoms with Crippen LogP contribution in [0.15, 0.2) is 0 Å². The van der Waals surface area contributed by atoms with E-state index in [-0.39, 0.29) is 10.9 Å². The molecule has 0 aromatic carbocycles. The van der Waals surface area contributed by atoms with E-state index in [4.69, 9.17) is 0 Å². The minimum Gasteiger partial charge on any atom is -0.382 e. The van der Waals surface area contributed by atoms with Crippen LogP contribution < -0.4 is 4.98 Å². The molecule has 0 unspecified atom stereocenters. The van der Waals surface area contributed by atoms with Crippen LogP contribution in [0.2, 0.25) is 18.1 Å². The van der Waals surface area contributed by atoms with E-state index in [0.29, 0.717) is 0 Å². The van der Waals surface area contributed by atoms with Crippen LogP contribution in [0.1, 0.15) is 27.7 Å². The van der Waals surface area contributed by atoms with Gasteiger partial charge in [-0.25, -0.2) is 0 Å². The lowest BCUT2D eigenvalue weighted by Gasteiger charge is -2.36. The van der Waals surface area contributed by atoms with Crippen LogP contribution in [0.25, 0.3) is 0 Å². The zero-order valence-corrected chi connectivity index (χ0v) is 9.41. The van der Waals surface area contributed by atoms with Gasteiger partial charge in [0.1, 0.15) is 0 Å². The van der Waals surface area contributed by atoms with Crippen LogP contribution in [0.5, 0.6) is 0 Å². The molecule has 0 aliphatic carbocycles. The fourth-order valence-corrected chi connectivity index (χ4v) is 1.88. The molecule has 0 saturated carbocycles. The molecule has 0 heterocycles. The van der Waals surface area contributed by atoms with Crippen molar-refractivity contribution in [2.45, 2.75) is 45.8 Å². The van der Waals surface area contributed by atoms with Gasteiger partial charge in [-0.3, -0.25) is 4.79 Å². The highest BCUT2D eigenvalue weighted by atomic mass is 28.3. The summed E-state index contributed by atoms with van der Waals surface area (Å²) in [5, 5.41) is 0.235. The molecule has 1 amide bonds. The van der Waals surface area contributed by atoms with Crippen molar-refractivity contribution < 1.29 is 4.79 Å². The Bertz CT molecular complexity index is 158. The third-order valence-corrected chi connectivity index (χ3v) is 7.09. The average Bonchev–Trinajstić information content (AvgIpc) is 1.56. The smallest absolute Gasteiger partial charge is 0.209 e. The van der Waals surface area contributed by atoms with E-state index >= 15 is 0 Å². The lowest BCUT2D eigenvalue weighted by atomic mass is 10.2. The van der Waals surface area contributed by atoms with Crippen LogP contribution in [-0.4, -0.2) is 14.1 Å². The lowest BCUT2D eigenvalue weighted by Crippen LogP contribution is -2.53. The summed E-state index contributed by atoms with van der Waals surface area (Å²) in [4.78, 5) is 13.9. The van der Waals surface area contributed by atoms with Crippen LogP contribution in [0, 0.1) is 0 Å². The van der Waals surface area contributed by atoms with Crippen molar-refractivity contribution in [3.63, 3.8) is 0 Å². The number of hydrogen-bond acceptors (Lipinski definition) is 1. The summed E-state index contributed by atoms with van der Waals surface area (Å²) in [6, 6.07) is 0. The Balaban J connectivity index is 4.34. The molecule has 0 rings (SSSR count). The number of rotatable bonds is 1. The number of nitrogens with one attached hydrogen (secondary N) is 1. The van der Waals surface area contributed by atoms with Crippen molar-refractivity contribution in [3.05, 3.63) is 0 Å². The lowest BCUT2D eigenvalue weighted by molar-refractivity contribution is -0.117. The fourth-order valence-electron chi connectivity index (χ4n) is 0.628. The van der Waals surface area contributed by atoms with E-state index in [1.54, 1.807) is 6.92 Å². The molecule has 0 aliphatic rings. The Morgan fingerprint density at radius 2 is 1.64 bits per heavy atom. The van der Waals surface area contributed by atoms with Crippen molar-refractivity contribution in [2.24, 2.45) is 0 Å². The third-order valence-electron chi connectivity index (χ3n) is 2.36. The van der Waals surface area contributed by atoms with Crippen LogP contribution in [0.4, 0.5) is 0 Å². The van der Waals surface area contributed by atoms with E-state index in [9.17, 15) is 4.79 Å². The van der Waals surface area contributed by atoms with E-state index in [1.165, 1.54) is 0 Å². The van der Waals surface area contributed by atoms with Crippen LogP contribution in [-0.2, 0) is 4.79 Å². The number of carbonyl (C=O) groups is 1. The Hall–Kier alpha value is -0.313. The SMILES string of the molecule is CC(=O)N[Si](C)(C)C(C)(C)C. The molecule has 0 aliphatic heterocycles. The van der Waals surface area contributed by atoms with Crippen LogP contribution >= 0.6 is 0 Å². The van der Waals surface area contributed by atoms with Gasteiger partial charge in [-0.1, -0.05) is 33.9 Å². The van der Waals surface area contributed by atoms with Crippen molar-refractivity contribution in [2.75, 3.05) is 0 Å². The molecule has 66 valence electrons. The number of amides is 1. The monoisotopic (exact) mass is 173 g/mol. The van der Waals surface area contributed by atoms with E-state index in [0.717, 1.165) is 0 Å². The predicted octanol–water partition coefficient (Wildman–Crippen LogP) is 2.13. The highest BCUT2D eigenvalue weighted by Gasteiger charge is 2.36. The van der Waals surface area contributed by atoms with Crippen molar-refractivity contribution >= 4 is 14.1 Å². The average molecular weight is 173 g/mol. The second-order valence-corrected chi connectivity index (χ2v) is 9.56. The Morgan fingerprint density at radius 3 is 1.73 bits per heavy atom. The molecule has 0 aromatic rings. The molecule has 1 N–H and O–H groups in total. The Labute approximate surface area is 70.5 Å². The predicted molar refractivity (Wildman–Crippen MR) is 51.0 cm³/mol. The van der Waals surface area contributed by atoms with E-state index in [1.807, 2.05) is 0 Å². The Morgan fingerprint density at radius 1 is 1.27 bits per heavy atom. The first kappa shape index (κ1) is 10.7. The van der Waals surface area contributed by atoms with Gasteiger partial charge in [0.05, 0.1) is 0 Å². The standard InChI is InChI=1S/C8H19NOSi/c1-7(10)9-11(5,6)8(2,3)4/h1-6H3,(H,9,10). The maximum Gasteiger partial charge on any atom is 0.209 e. The zero-order valence-electron chi connectivity index (χ0n) is 8.41. The topological polar surface area (TPSA) is 29.1 Å². The largest absolute Gasteiger partial charge is 0.382 e. The third kappa shape index (κ3) is 3.06. The summed E-state index contributed by atoms with van der Waals surface area (Å²) >= 11 is 0.